The Kier molecular flexibility index (Phi) is 34.6. The van der Waals surface area contributed by atoms with Gasteiger partial charge in [-0.05, 0) is 25.7 Å². The third kappa shape index (κ3) is 38.5. The number of nitrogens with zero attached hydrogens (tertiary/aromatic N) is 1. The molecule has 0 aromatic heterocycles. The van der Waals surface area contributed by atoms with Crippen LogP contribution in [-0.4, -0.2) is 74.9 Å². The highest BCUT2D eigenvalue weighted by molar-refractivity contribution is 7.47. The van der Waals surface area contributed by atoms with E-state index in [1.165, 1.54) is 128 Å². The van der Waals surface area contributed by atoms with Gasteiger partial charge in [0.1, 0.15) is 19.8 Å². The van der Waals surface area contributed by atoms with Crippen molar-refractivity contribution in [3.05, 3.63) is 12.2 Å². The molecule has 0 bridgehead atoms. The number of carbonyl (C=O) groups is 2. The summed E-state index contributed by atoms with van der Waals surface area (Å²) in [4.78, 5) is 35.2. The molecule has 9 nitrogen and oxygen atoms in total. The molecule has 0 aliphatic rings. The average Bonchev–Trinajstić information content (AvgIpc) is 3.09. The van der Waals surface area contributed by atoms with Gasteiger partial charge >= 0.3 is 19.8 Å². The lowest BCUT2D eigenvalue weighted by molar-refractivity contribution is -0.870. The first kappa shape index (κ1) is 50.8. The molecular weight excluding hydrogens is 677 g/mol. The van der Waals surface area contributed by atoms with Crippen molar-refractivity contribution in [3.8, 4) is 0 Å². The standard InChI is InChI=1S/C42H82NO8P/c1-6-8-10-12-14-16-18-20-21-23-25-27-29-31-33-35-42(45)51-40(39-50-52(46,47)49-37-36-43(3,4)5)38-48-41(44)34-32-30-28-26-24-22-19-17-15-13-11-9-7-2/h29,31,40H,6-28,30,32-39H2,1-5H3/p+1/b31-29+/t40-/m1/s1. The third-order valence-corrected chi connectivity index (χ3v) is 10.3. The number of rotatable bonds is 39. The number of allylic oxidation sites excluding steroid dienone is 2. The van der Waals surface area contributed by atoms with Crippen molar-refractivity contribution < 1.29 is 42.1 Å². The summed E-state index contributed by atoms with van der Waals surface area (Å²) in [5, 5.41) is 0. The van der Waals surface area contributed by atoms with E-state index in [1.54, 1.807) is 0 Å². The number of quaternary nitrogens is 1. The van der Waals surface area contributed by atoms with Crippen LogP contribution in [0.1, 0.15) is 194 Å². The number of carbonyl (C=O) groups excluding carboxylic acids is 2. The molecule has 0 saturated heterocycles. The molecule has 10 heteroatoms. The Morgan fingerprint density at radius 1 is 0.577 bits per heavy atom. The highest BCUT2D eigenvalue weighted by atomic mass is 31.2. The monoisotopic (exact) mass is 761 g/mol. The number of esters is 2. The van der Waals surface area contributed by atoms with Crippen LogP contribution >= 0.6 is 7.82 Å². The van der Waals surface area contributed by atoms with Crippen LogP contribution in [0.5, 0.6) is 0 Å². The first-order valence-electron chi connectivity index (χ1n) is 21.4. The van der Waals surface area contributed by atoms with Gasteiger partial charge in [-0.2, -0.15) is 0 Å². The zero-order chi connectivity index (χ0) is 38.6. The number of ether oxygens (including phenoxy) is 2. The molecule has 0 amide bonds. The molecule has 0 aliphatic carbocycles. The second-order valence-electron chi connectivity index (χ2n) is 15.7. The van der Waals surface area contributed by atoms with Gasteiger partial charge < -0.3 is 18.9 Å². The Balaban J connectivity index is 4.40. The van der Waals surface area contributed by atoms with E-state index in [0.717, 1.165) is 32.1 Å². The van der Waals surface area contributed by atoms with Crippen LogP contribution < -0.4 is 0 Å². The van der Waals surface area contributed by atoms with E-state index in [4.69, 9.17) is 18.5 Å². The summed E-state index contributed by atoms with van der Waals surface area (Å²) in [6.07, 6.45) is 35.5. The number of likely N-dealkylation sites (N-methyl/N-ethyl adjacent to an activating group) is 1. The summed E-state index contributed by atoms with van der Waals surface area (Å²) in [6, 6.07) is 0. The number of phosphoric ester groups is 1. The third-order valence-electron chi connectivity index (χ3n) is 9.31. The second-order valence-corrected chi connectivity index (χ2v) is 17.2. The number of unbranched alkanes of at least 4 members (excludes halogenated alkanes) is 23. The second kappa shape index (κ2) is 35.5. The van der Waals surface area contributed by atoms with E-state index in [9.17, 15) is 19.0 Å². The van der Waals surface area contributed by atoms with Crippen molar-refractivity contribution in [1.82, 2.24) is 0 Å². The number of phosphoric acid groups is 1. The smallest absolute Gasteiger partial charge is 0.462 e. The molecule has 0 aliphatic heterocycles. The summed E-state index contributed by atoms with van der Waals surface area (Å²) in [7, 11) is 1.47. The molecule has 308 valence electrons. The van der Waals surface area contributed by atoms with E-state index >= 15 is 0 Å². The molecule has 1 N–H and O–H groups in total. The van der Waals surface area contributed by atoms with Crippen molar-refractivity contribution >= 4 is 19.8 Å². The van der Waals surface area contributed by atoms with E-state index in [2.05, 4.69) is 19.9 Å². The summed E-state index contributed by atoms with van der Waals surface area (Å²) in [5.74, 6) is -0.847. The van der Waals surface area contributed by atoms with E-state index in [1.807, 2.05) is 27.2 Å². The molecule has 2 atom stereocenters. The van der Waals surface area contributed by atoms with Gasteiger partial charge in [0.2, 0.25) is 0 Å². The molecule has 0 saturated carbocycles. The molecule has 0 aromatic carbocycles. The molecule has 0 rings (SSSR count). The van der Waals surface area contributed by atoms with Gasteiger partial charge in [0.05, 0.1) is 27.7 Å². The number of hydrogen-bond acceptors (Lipinski definition) is 7. The van der Waals surface area contributed by atoms with Gasteiger partial charge in [0.25, 0.3) is 0 Å². The van der Waals surface area contributed by atoms with Gasteiger partial charge in [-0.3, -0.25) is 18.6 Å². The zero-order valence-electron chi connectivity index (χ0n) is 34.6. The fraction of sp³-hybridized carbons (Fsp3) is 0.905. The normalized spacial score (nSPS) is 13.7. The van der Waals surface area contributed by atoms with E-state index in [0.29, 0.717) is 17.4 Å². The first-order valence-corrected chi connectivity index (χ1v) is 22.9. The van der Waals surface area contributed by atoms with Crippen LogP contribution in [-0.2, 0) is 32.7 Å². The van der Waals surface area contributed by atoms with Crippen LogP contribution in [0.15, 0.2) is 12.2 Å². The Labute approximate surface area is 320 Å². The maximum Gasteiger partial charge on any atom is 0.472 e. The minimum atomic E-state index is -4.37. The van der Waals surface area contributed by atoms with Crippen LogP contribution in [0, 0.1) is 0 Å². The van der Waals surface area contributed by atoms with Crippen LogP contribution in [0.25, 0.3) is 0 Å². The maximum absolute atomic E-state index is 12.6. The summed E-state index contributed by atoms with van der Waals surface area (Å²) < 4.78 is 34.2. The molecule has 52 heavy (non-hydrogen) atoms. The average molecular weight is 761 g/mol. The Morgan fingerprint density at radius 2 is 1.02 bits per heavy atom. The quantitative estimate of drug-likeness (QED) is 0.0217. The van der Waals surface area contributed by atoms with E-state index in [-0.39, 0.29) is 32.0 Å². The highest BCUT2D eigenvalue weighted by Crippen LogP contribution is 2.43. The van der Waals surface area contributed by atoms with Gasteiger partial charge in [0, 0.05) is 12.8 Å². The van der Waals surface area contributed by atoms with Crippen molar-refractivity contribution in [3.63, 3.8) is 0 Å². The van der Waals surface area contributed by atoms with Gasteiger partial charge in [-0.25, -0.2) is 4.57 Å². The molecular formula is C42H83NO8P+. The summed E-state index contributed by atoms with van der Waals surface area (Å²) in [5.41, 5.74) is 0. The SMILES string of the molecule is CCCCCCCCCCCCC/C=C/CCC(=O)O[C@H](COC(=O)CCCCCCCCCCCCCCC)COP(=O)(O)OCC[N+](C)(C)C. The minimum absolute atomic E-state index is 0.0291. The lowest BCUT2D eigenvalue weighted by Crippen LogP contribution is -2.37. The molecule has 0 radical (unpaired) electrons. The number of hydrogen-bond donors (Lipinski definition) is 1. The predicted molar refractivity (Wildman–Crippen MR) is 215 cm³/mol. The fourth-order valence-electron chi connectivity index (χ4n) is 5.91. The Morgan fingerprint density at radius 3 is 1.50 bits per heavy atom. The maximum atomic E-state index is 12.6. The zero-order valence-corrected chi connectivity index (χ0v) is 35.5. The molecule has 0 spiro atoms. The largest absolute Gasteiger partial charge is 0.472 e. The lowest BCUT2D eigenvalue weighted by Gasteiger charge is -2.24. The topological polar surface area (TPSA) is 108 Å². The van der Waals surface area contributed by atoms with Gasteiger partial charge in [-0.15, -0.1) is 0 Å². The van der Waals surface area contributed by atoms with Crippen LogP contribution in [0.3, 0.4) is 0 Å². The van der Waals surface area contributed by atoms with Gasteiger partial charge in [-0.1, -0.05) is 167 Å². The van der Waals surface area contributed by atoms with E-state index < -0.39 is 26.5 Å². The predicted octanol–water partition coefficient (Wildman–Crippen LogP) is 11.8. The van der Waals surface area contributed by atoms with Crippen LogP contribution in [0.2, 0.25) is 0 Å². The molecule has 0 heterocycles. The van der Waals surface area contributed by atoms with Crippen molar-refractivity contribution in [2.24, 2.45) is 0 Å². The summed E-state index contributed by atoms with van der Waals surface area (Å²) in [6.45, 7) is 4.39. The van der Waals surface area contributed by atoms with Gasteiger partial charge in [0.15, 0.2) is 6.10 Å². The summed E-state index contributed by atoms with van der Waals surface area (Å²) >= 11 is 0. The molecule has 1 unspecified atom stereocenters. The minimum Gasteiger partial charge on any atom is -0.462 e. The molecule has 0 aromatic rings. The Hall–Kier alpha value is -1.25. The van der Waals surface area contributed by atoms with Crippen molar-refractivity contribution in [2.45, 2.75) is 200 Å². The van der Waals surface area contributed by atoms with Crippen molar-refractivity contribution in [2.75, 3.05) is 47.5 Å². The van der Waals surface area contributed by atoms with Crippen molar-refractivity contribution in [1.29, 1.82) is 0 Å². The Bertz CT molecular complexity index is 907. The first-order chi connectivity index (χ1) is 25.0. The lowest BCUT2D eigenvalue weighted by atomic mass is 10.0. The highest BCUT2D eigenvalue weighted by Gasteiger charge is 2.27. The molecule has 0 fully saturated rings. The van der Waals surface area contributed by atoms with Crippen LogP contribution in [0.4, 0.5) is 0 Å². The fourth-order valence-corrected chi connectivity index (χ4v) is 6.66.